The highest BCUT2D eigenvalue weighted by molar-refractivity contribution is 5.90. The van der Waals surface area contributed by atoms with Gasteiger partial charge in [-0.15, -0.1) is 0 Å². The molecule has 1 N–H and O–H groups in total. The number of nitrogens with one attached hydrogen (secondary N) is 1. The first-order chi connectivity index (χ1) is 5.83. The molecule has 64 valence electrons. The van der Waals surface area contributed by atoms with Crippen molar-refractivity contribution in [2.75, 3.05) is 7.11 Å². The molecular formula is C8H10N2O2. The van der Waals surface area contributed by atoms with Crippen LogP contribution in [0.2, 0.25) is 0 Å². The van der Waals surface area contributed by atoms with Crippen molar-refractivity contribution >= 4 is 5.97 Å². The molecular weight excluding hydrogens is 156 g/mol. The zero-order chi connectivity index (χ0) is 8.55. The molecule has 0 unspecified atom stereocenters. The molecule has 0 aromatic carbocycles. The normalized spacial score (nSPS) is 16.1. The third-order valence-electron chi connectivity index (χ3n) is 2.04. The number of rotatable bonds is 2. The minimum absolute atomic E-state index is 0.300. The van der Waals surface area contributed by atoms with Crippen LogP contribution < -0.4 is 0 Å². The number of aromatic amines is 1. The van der Waals surface area contributed by atoms with Gasteiger partial charge in [-0.1, -0.05) is 0 Å². The Hall–Kier alpha value is -1.32. The molecule has 0 saturated heterocycles. The van der Waals surface area contributed by atoms with Crippen LogP contribution in [0.5, 0.6) is 0 Å². The van der Waals surface area contributed by atoms with Gasteiger partial charge in [0.15, 0.2) is 0 Å². The highest BCUT2D eigenvalue weighted by Crippen LogP contribution is 2.40. The number of ether oxygens (including phenoxy) is 1. The second-order valence-electron chi connectivity index (χ2n) is 2.95. The van der Waals surface area contributed by atoms with Crippen LogP contribution >= 0.6 is 0 Å². The molecule has 0 spiro atoms. The number of H-pyrrole nitrogens is 1. The molecule has 0 bridgehead atoms. The van der Waals surface area contributed by atoms with Gasteiger partial charge < -0.3 is 4.74 Å². The number of hydrogen-bond acceptors (Lipinski definition) is 3. The molecule has 1 aromatic rings. The molecule has 0 atom stereocenters. The van der Waals surface area contributed by atoms with Crippen LogP contribution in [-0.4, -0.2) is 23.3 Å². The molecule has 0 aliphatic heterocycles. The quantitative estimate of drug-likeness (QED) is 0.668. The number of hydrogen-bond donors (Lipinski definition) is 1. The van der Waals surface area contributed by atoms with Gasteiger partial charge in [0.25, 0.3) is 0 Å². The molecule has 1 heterocycles. The fourth-order valence-corrected chi connectivity index (χ4v) is 1.24. The first-order valence-corrected chi connectivity index (χ1v) is 3.95. The van der Waals surface area contributed by atoms with Gasteiger partial charge in [-0.2, -0.15) is 5.10 Å². The summed E-state index contributed by atoms with van der Waals surface area (Å²) in [5, 5.41) is 6.71. The van der Waals surface area contributed by atoms with Gasteiger partial charge in [-0.05, 0) is 12.8 Å². The van der Waals surface area contributed by atoms with E-state index in [9.17, 15) is 4.79 Å². The van der Waals surface area contributed by atoms with E-state index in [0.29, 0.717) is 11.5 Å². The Kier molecular flexibility index (Phi) is 1.60. The van der Waals surface area contributed by atoms with Crippen LogP contribution in [0.1, 0.15) is 34.8 Å². The van der Waals surface area contributed by atoms with Crippen LogP contribution in [0.15, 0.2) is 6.20 Å². The van der Waals surface area contributed by atoms with Crippen LogP contribution in [0.3, 0.4) is 0 Å². The first-order valence-electron chi connectivity index (χ1n) is 3.95. The summed E-state index contributed by atoms with van der Waals surface area (Å²) in [7, 11) is 1.38. The lowest BCUT2D eigenvalue weighted by Gasteiger charge is -1.96. The number of methoxy groups -OCH3 is 1. The van der Waals surface area contributed by atoms with Crippen molar-refractivity contribution in [2.24, 2.45) is 0 Å². The molecule has 1 aliphatic carbocycles. The summed E-state index contributed by atoms with van der Waals surface area (Å²) in [5.74, 6) is 0.177. The zero-order valence-electron chi connectivity index (χ0n) is 6.83. The Morgan fingerprint density at radius 1 is 1.75 bits per heavy atom. The summed E-state index contributed by atoms with van der Waals surface area (Å²) < 4.78 is 4.61. The summed E-state index contributed by atoms with van der Waals surface area (Å²) in [5.41, 5.74) is 1.45. The van der Waals surface area contributed by atoms with E-state index in [1.54, 1.807) is 6.20 Å². The summed E-state index contributed by atoms with van der Waals surface area (Å²) in [6.45, 7) is 0. The van der Waals surface area contributed by atoms with Crippen molar-refractivity contribution < 1.29 is 9.53 Å². The van der Waals surface area contributed by atoms with E-state index in [1.165, 1.54) is 7.11 Å². The van der Waals surface area contributed by atoms with Gasteiger partial charge in [0.1, 0.15) is 5.56 Å². The molecule has 2 rings (SSSR count). The summed E-state index contributed by atoms with van der Waals surface area (Å²) in [4.78, 5) is 11.1. The van der Waals surface area contributed by atoms with E-state index < -0.39 is 0 Å². The molecule has 1 saturated carbocycles. The maximum Gasteiger partial charge on any atom is 0.341 e. The van der Waals surface area contributed by atoms with Gasteiger partial charge in [0, 0.05) is 12.1 Å². The molecule has 0 radical (unpaired) electrons. The second kappa shape index (κ2) is 2.62. The summed E-state index contributed by atoms with van der Waals surface area (Å²) >= 11 is 0. The van der Waals surface area contributed by atoms with Gasteiger partial charge >= 0.3 is 5.97 Å². The van der Waals surface area contributed by atoms with Crippen molar-refractivity contribution in [1.29, 1.82) is 0 Å². The van der Waals surface area contributed by atoms with Gasteiger partial charge in [0.05, 0.1) is 12.8 Å². The van der Waals surface area contributed by atoms with E-state index in [0.717, 1.165) is 18.5 Å². The maximum absolute atomic E-state index is 11.1. The number of esters is 1. The van der Waals surface area contributed by atoms with Crippen LogP contribution in [0.25, 0.3) is 0 Å². The van der Waals surface area contributed by atoms with Crippen molar-refractivity contribution in [3.63, 3.8) is 0 Å². The predicted octanol–water partition coefficient (Wildman–Crippen LogP) is 1.07. The minimum Gasteiger partial charge on any atom is -0.465 e. The smallest absolute Gasteiger partial charge is 0.341 e. The first kappa shape index (κ1) is 7.34. The summed E-state index contributed by atoms with van der Waals surface area (Å²) in [6.07, 6.45) is 3.86. The molecule has 1 aromatic heterocycles. The molecule has 4 nitrogen and oxygen atoms in total. The number of carbonyl (C=O) groups excluding carboxylic acids is 1. The van der Waals surface area contributed by atoms with Crippen molar-refractivity contribution in [3.05, 3.63) is 17.5 Å². The largest absolute Gasteiger partial charge is 0.465 e. The third kappa shape index (κ3) is 1.09. The monoisotopic (exact) mass is 166 g/mol. The van der Waals surface area contributed by atoms with Gasteiger partial charge in [-0.25, -0.2) is 4.79 Å². The van der Waals surface area contributed by atoms with Crippen molar-refractivity contribution in [3.8, 4) is 0 Å². The lowest BCUT2D eigenvalue weighted by atomic mass is 10.2. The average molecular weight is 166 g/mol. The molecule has 12 heavy (non-hydrogen) atoms. The molecule has 4 heteroatoms. The average Bonchev–Trinajstić information content (AvgIpc) is 2.83. The van der Waals surface area contributed by atoms with Crippen LogP contribution in [-0.2, 0) is 4.74 Å². The lowest BCUT2D eigenvalue weighted by molar-refractivity contribution is 0.0599. The highest BCUT2D eigenvalue weighted by atomic mass is 16.5. The van der Waals surface area contributed by atoms with E-state index >= 15 is 0 Å². The lowest BCUT2D eigenvalue weighted by Crippen LogP contribution is -2.02. The van der Waals surface area contributed by atoms with E-state index in [-0.39, 0.29) is 5.97 Å². The van der Waals surface area contributed by atoms with Crippen molar-refractivity contribution in [1.82, 2.24) is 10.2 Å². The zero-order valence-corrected chi connectivity index (χ0v) is 6.83. The Morgan fingerprint density at radius 2 is 2.50 bits per heavy atom. The predicted molar refractivity (Wildman–Crippen MR) is 41.9 cm³/mol. The highest BCUT2D eigenvalue weighted by Gasteiger charge is 2.30. The molecule has 1 fully saturated rings. The Labute approximate surface area is 69.9 Å². The van der Waals surface area contributed by atoms with Crippen LogP contribution in [0.4, 0.5) is 0 Å². The van der Waals surface area contributed by atoms with Crippen molar-refractivity contribution in [2.45, 2.75) is 18.8 Å². The third-order valence-corrected chi connectivity index (χ3v) is 2.04. The van der Waals surface area contributed by atoms with Gasteiger partial charge in [0.2, 0.25) is 0 Å². The molecule has 1 aliphatic rings. The minimum atomic E-state index is -0.300. The maximum atomic E-state index is 11.1. The fraction of sp³-hybridized carbons (Fsp3) is 0.500. The van der Waals surface area contributed by atoms with E-state index in [4.69, 9.17) is 0 Å². The fourth-order valence-electron chi connectivity index (χ4n) is 1.24. The number of aromatic nitrogens is 2. The SMILES string of the molecule is COC(=O)c1c[nH]nc1C1CC1. The van der Waals surface area contributed by atoms with E-state index in [2.05, 4.69) is 14.9 Å². The Balaban J connectivity index is 2.29. The topological polar surface area (TPSA) is 55.0 Å². The number of carbonyl (C=O) groups is 1. The van der Waals surface area contributed by atoms with Crippen LogP contribution in [0, 0.1) is 0 Å². The Bertz CT molecular complexity index is 302. The summed E-state index contributed by atoms with van der Waals surface area (Å²) in [6, 6.07) is 0. The number of nitrogens with zero attached hydrogens (tertiary/aromatic N) is 1. The Morgan fingerprint density at radius 3 is 3.08 bits per heavy atom. The molecule has 0 amide bonds. The standard InChI is InChI=1S/C8H10N2O2/c1-12-8(11)6-4-9-10-7(6)5-2-3-5/h4-5H,2-3H2,1H3,(H,9,10). The van der Waals surface area contributed by atoms with E-state index in [1.807, 2.05) is 0 Å². The van der Waals surface area contributed by atoms with Gasteiger partial charge in [-0.3, -0.25) is 5.10 Å². The second-order valence-corrected chi connectivity index (χ2v) is 2.95.